The van der Waals surface area contributed by atoms with Gasteiger partial charge in [-0.3, -0.25) is 9.58 Å². The normalized spacial score (nSPS) is 14.7. The first-order chi connectivity index (χ1) is 12.1. The van der Waals surface area contributed by atoms with Crippen LogP contribution in [0.5, 0.6) is 0 Å². The lowest BCUT2D eigenvalue weighted by Crippen LogP contribution is -2.29. The Hall–Kier alpha value is -2.11. The highest BCUT2D eigenvalue weighted by Gasteiger charge is 2.25. The van der Waals surface area contributed by atoms with Gasteiger partial charge in [0.2, 0.25) is 0 Å². The molecule has 0 spiro atoms. The lowest BCUT2D eigenvalue weighted by atomic mass is 10.0. The van der Waals surface area contributed by atoms with Crippen molar-refractivity contribution in [3.05, 3.63) is 58.1 Å². The van der Waals surface area contributed by atoms with Crippen LogP contribution < -0.4 is 0 Å². The second kappa shape index (κ2) is 6.65. The summed E-state index contributed by atoms with van der Waals surface area (Å²) in [6, 6.07) is 7.77. The highest BCUT2D eigenvalue weighted by Crippen LogP contribution is 2.31. The molecule has 0 amide bonds. The third kappa shape index (κ3) is 3.22. The van der Waals surface area contributed by atoms with E-state index in [0.29, 0.717) is 0 Å². The van der Waals surface area contributed by atoms with E-state index >= 15 is 0 Å². The fourth-order valence-corrected chi connectivity index (χ4v) is 3.48. The molecule has 5 nitrogen and oxygen atoms in total. The topological polar surface area (TPSA) is 47.1 Å². The first-order valence-electron chi connectivity index (χ1n) is 8.62. The van der Waals surface area contributed by atoms with Crippen LogP contribution in [0.25, 0.3) is 11.3 Å². The minimum absolute atomic E-state index is 0.728. The molecule has 25 heavy (non-hydrogen) atoms. The van der Waals surface area contributed by atoms with Gasteiger partial charge in [-0.25, -0.2) is 0 Å². The number of aryl methyl sites for hydroxylation is 2. The summed E-state index contributed by atoms with van der Waals surface area (Å²) in [5, 5.41) is 9.59. The summed E-state index contributed by atoms with van der Waals surface area (Å²) >= 11 is 6.00. The van der Waals surface area contributed by atoms with Crippen molar-refractivity contribution in [3.63, 3.8) is 0 Å². The van der Waals surface area contributed by atoms with Gasteiger partial charge in [-0.05, 0) is 26.0 Å². The van der Waals surface area contributed by atoms with Gasteiger partial charge in [0.25, 0.3) is 0 Å². The van der Waals surface area contributed by atoms with Crippen LogP contribution in [0.15, 0.2) is 35.0 Å². The van der Waals surface area contributed by atoms with Gasteiger partial charge in [0, 0.05) is 60.5 Å². The van der Waals surface area contributed by atoms with E-state index in [9.17, 15) is 0 Å². The maximum Gasteiger partial charge on any atom is 0.143 e. The zero-order valence-corrected chi connectivity index (χ0v) is 15.3. The molecule has 0 N–H and O–H groups in total. The Kier molecular flexibility index (Phi) is 4.36. The standard InChI is InChI=1S/C19H21ClN4O/c1-3-24-11-15(13(2)21-24)10-23-9-8-18-17(12-23)19(22-25-18)14-4-6-16(20)7-5-14/h4-7,11H,3,8-10,12H2,1-2H3. The Morgan fingerprint density at radius 1 is 1.24 bits per heavy atom. The molecule has 0 bridgehead atoms. The predicted molar refractivity (Wildman–Crippen MR) is 97.4 cm³/mol. The number of hydrogen-bond acceptors (Lipinski definition) is 4. The van der Waals surface area contributed by atoms with Crippen molar-refractivity contribution in [3.8, 4) is 11.3 Å². The summed E-state index contributed by atoms with van der Waals surface area (Å²) in [6.45, 7) is 7.80. The van der Waals surface area contributed by atoms with Crippen LogP contribution in [-0.4, -0.2) is 26.4 Å². The predicted octanol–water partition coefficient (Wildman–Crippen LogP) is 4.08. The average Bonchev–Trinajstić information content (AvgIpc) is 3.19. The van der Waals surface area contributed by atoms with Gasteiger partial charge < -0.3 is 4.52 Å². The maximum atomic E-state index is 6.00. The summed E-state index contributed by atoms with van der Waals surface area (Å²) in [7, 11) is 0. The number of nitrogens with zero attached hydrogens (tertiary/aromatic N) is 4. The molecule has 0 atom stereocenters. The second-order valence-corrected chi connectivity index (χ2v) is 6.93. The van der Waals surface area contributed by atoms with Crippen molar-refractivity contribution in [1.29, 1.82) is 0 Å². The van der Waals surface area contributed by atoms with Gasteiger partial charge in [-0.15, -0.1) is 0 Å². The average molecular weight is 357 g/mol. The lowest BCUT2D eigenvalue weighted by molar-refractivity contribution is 0.228. The van der Waals surface area contributed by atoms with E-state index in [1.54, 1.807) is 0 Å². The SMILES string of the molecule is CCn1cc(CN2CCc3onc(-c4ccc(Cl)cc4)c3C2)c(C)n1. The van der Waals surface area contributed by atoms with Gasteiger partial charge in [0.05, 0.1) is 5.69 Å². The van der Waals surface area contributed by atoms with E-state index in [1.165, 1.54) is 11.1 Å². The Morgan fingerprint density at radius 3 is 2.76 bits per heavy atom. The molecule has 4 rings (SSSR count). The molecule has 130 valence electrons. The fraction of sp³-hybridized carbons (Fsp3) is 0.368. The van der Waals surface area contributed by atoms with Crippen LogP contribution in [0.2, 0.25) is 5.02 Å². The van der Waals surface area contributed by atoms with Crippen LogP contribution in [-0.2, 0) is 26.1 Å². The van der Waals surface area contributed by atoms with Gasteiger partial charge >= 0.3 is 0 Å². The van der Waals surface area contributed by atoms with Crippen molar-refractivity contribution < 1.29 is 4.52 Å². The Morgan fingerprint density at radius 2 is 2.04 bits per heavy atom. The molecule has 0 radical (unpaired) electrons. The molecule has 0 fully saturated rings. The molecule has 1 aliphatic rings. The molecule has 1 aromatic carbocycles. The highest BCUT2D eigenvalue weighted by atomic mass is 35.5. The molecule has 3 aromatic rings. The highest BCUT2D eigenvalue weighted by molar-refractivity contribution is 6.30. The van der Waals surface area contributed by atoms with Crippen LogP contribution in [0.1, 0.15) is 29.5 Å². The largest absolute Gasteiger partial charge is 0.360 e. The first-order valence-corrected chi connectivity index (χ1v) is 9.00. The summed E-state index contributed by atoms with van der Waals surface area (Å²) in [4.78, 5) is 2.43. The van der Waals surface area contributed by atoms with Crippen molar-refractivity contribution in [1.82, 2.24) is 19.8 Å². The van der Waals surface area contributed by atoms with Crippen molar-refractivity contribution in [2.24, 2.45) is 0 Å². The number of benzene rings is 1. The van der Waals surface area contributed by atoms with Crippen LogP contribution in [0, 0.1) is 6.92 Å². The molecule has 0 aliphatic carbocycles. The third-order valence-electron chi connectivity index (χ3n) is 4.79. The van der Waals surface area contributed by atoms with E-state index in [4.69, 9.17) is 16.1 Å². The van der Waals surface area contributed by atoms with E-state index < -0.39 is 0 Å². The third-order valence-corrected chi connectivity index (χ3v) is 5.04. The summed E-state index contributed by atoms with van der Waals surface area (Å²) in [6.07, 6.45) is 3.04. The van der Waals surface area contributed by atoms with Gasteiger partial charge in [-0.1, -0.05) is 28.9 Å². The quantitative estimate of drug-likeness (QED) is 0.706. The molecule has 0 unspecified atom stereocenters. The minimum atomic E-state index is 0.728. The van der Waals surface area contributed by atoms with Crippen molar-refractivity contribution >= 4 is 11.6 Å². The molecule has 1 aliphatic heterocycles. The van der Waals surface area contributed by atoms with E-state index in [2.05, 4.69) is 35.2 Å². The number of aromatic nitrogens is 3. The van der Waals surface area contributed by atoms with Gasteiger partial charge in [0.1, 0.15) is 11.5 Å². The van der Waals surface area contributed by atoms with E-state index in [-0.39, 0.29) is 0 Å². The molecular weight excluding hydrogens is 336 g/mol. The van der Waals surface area contributed by atoms with Gasteiger partial charge in [0.15, 0.2) is 0 Å². The Labute approximate surface area is 152 Å². The molecule has 0 saturated carbocycles. The maximum absolute atomic E-state index is 6.00. The fourth-order valence-electron chi connectivity index (χ4n) is 3.35. The van der Waals surface area contributed by atoms with E-state index in [0.717, 1.165) is 60.3 Å². The number of rotatable bonds is 4. The Bertz CT molecular complexity index is 881. The van der Waals surface area contributed by atoms with Crippen LogP contribution >= 0.6 is 11.6 Å². The lowest BCUT2D eigenvalue weighted by Gasteiger charge is -2.25. The zero-order chi connectivity index (χ0) is 17.4. The van der Waals surface area contributed by atoms with E-state index in [1.807, 2.05) is 28.9 Å². The Balaban J connectivity index is 1.57. The second-order valence-electron chi connectivity index (χ2n) is 6.50. The first kappa shape index (κ1) is 16.4. The molecule has 0 saturated heterocycles. The van der Waals surface area contributed by atoms with Crippen molar-refractivity contribution in [2.75, 3.05) is 6.54 Å². The molecular formula is C19H21ClN4O. The summed E-state index contributed by atoms with van der Waals surface area (Å²) in [5.74, 6) is 1.00. The summed E-state index contributed by atoms with van der Waals surface area (Å²) in [5.41, 5.74) is 5.56. The minimum Gasteiger partial charge on any atom is -0.360 e. The zero-order valence-electron chi connectivity index (χ0n) is 14.5. The van der Waals surface area contributed by atoms with Gasteiger partial charge in [-0.2, -0.15) is 5.10 Å². The van der Waals surface area contributed by atoms with Crippen LogP contribution in [0.4, 0.5) is 0 Å². The van der Waals surface area contributed by atoms with Crippen molar-refractivity contribution in [2.45, 2.75) is 39.9 Å². The smallest absolute Gasteiger partial charge is 0.143 e. The molecule has 3 heterocycles. The summed E-state index contributed by atoms with van der Waals surface area (Å²) < 4.78 is 7.59. The molecule has 6 heteroatoms. The number of halogens is 1. The van der Waals surface area contributed by atoms with Crippen LogP contribution in [0.3, 0.4) is 0 Å². The molecule has 2 aromatic heterocycles. The number of fused-ring (bicyclic) bond motifs is 1. The monoisotopic (exact) mass is 356 g/mol. The number of hydrogen-bond donors (Lipinski definition) is 0.